The van der Waals surface area contributed by atoms with Crippen LogP contribution < -0.4 is 51.4 Å². The molecule has 214 valence electrons. The molecule has 4 nitrogen and oxygen atoms in total. The fraction of sp³-hybridized carbons (Fsp3) is 0.871. The van der Waals surface area contributed by atoms with Gasteiger partial charge in [-0.3, -0.25) is 4.79 Å². The average Bonchev–Trinajstić information content (AvgIpc) is 3.37. The van der Waals surface area contributed by atoms with E-state index in [0.29, 0.717) is 17.8 Å². The number of carbonyl (C=O) groups is 1. The Hall–Kier alpha value is 1.09. The molecule has 3 fully saturated rings. The number of unbranched alkanes of at least 4 members (excludes halogenated alkanes) is 1. The molecule has 0 amide bonds. The fourth-order valence-corrected chi connectivity index (χ4v) is 6.77. The first-order valence-electron chi connectivity index (χ1n) is 14.2. The summed E-state index contributed by atoms with van der Waals surface area (Å²) in [7, 11) is 1.81. The summed E-state index contributed by atoms with van der Waals surface area (Å²) in [6.07, 6.45) is 14.0. The Kier molecular flexibility index (Phi) is 23.7. The van der Waals surface area contributed by atoms with E-state index < -0.39 is 0 Å². The van der Waals surface area contributed by atoms with Crippen LogP contribution >= 0.6 is 11.8 Å². The summed E-state index contributed by atoms with van der Waals surface area (Å²) in [5, 5.41) is 0. The molecular formula is C31H57KO4S-2. The van der Waals surface area contributed by atoms with Gasteiger partial charge in [-0.25, -0.2) is 6.42 Å². The van der Waals surface area contributed by atoms with Crippen LogP contribution in [0.25, 0.3) is 0 Å². The van der Waals surface area contributed by atoms with Crippen LogP contribution in [0.15, 0.2) is 0 Å². The second-order valence-corrected chi connectivity index (χ2v) is 13.1. The zero-order valence-corrected chi connectivity index (χ0v) is 29.9. The minimum Gasteiger partial charge on any atom is -0.649 e. The van der Waals surface area contributed by atoms with Crippen LogP contribution in [0.3, 0.4) is 0 Å². The standard InChI is InChI=1S/C12H20O.C7H14OS.C7H14.C5H9O2.K/c1-3-10-7-11-5-4-6-12(11,8-10)9(2)13;1-6-3-4-9-5-7(6)8-2;1-4-5-6-7(2)3;1-5(2,3)7-4-6;/h10-11H,3-8H2,1-2H3;6-7H,3-5H2,1-2H3;5,7H,2,4,6H2,1,3H3;1-3H3;/q;;-2;-1;+1. The molecule has 0 spiro atoms. The van der Waals surface area contributed by atoms with Crippen molar-refractivity contribution in [3.63, 3.8) is 0 Å². The predicted octanol–water partition coefficient (Wildman–Crippen LogP) is 5.29. The molecule has 0 aromatic rings. The van der Waals surface area contributed by atoms with Crippen molar-refractivity contribution in [3.05, 3.63) is 13.3 Å². The van der Waals surface area contributed by atoms with Crippen molar-refractivity contribution in [3.8, 4) is 0 Å². The average molecular weight is 565 g/mol. The second kappa shape index (κ2) is 21.8. The minimum absolute atomic E-state index is 0. The quantitative estimate of drug-likeness (QED) is 0.311. The van der Waals surface area contributed by atoms with Gasteiger partial charge in [-0.15, -0.1) is 0 Å². The van der Waals surface area contributed by atoms with E-state index in [2.05, 4.69) is 45.8 Å². The molecule has 1 aliphatic heterocycles. The van der Waals surface area contributed by atoms with Crippen LogP contribution in [-0.2, 0) is 19.1 Å². The maximum atomic E-state index is 11.7. The van der Waals surface area contributed by atoms with Crippen molar-refractivity contribution < 1.29 is 70.4 Å². The molecule has 0 aromatic heterocycles. The Balaban J connectivity index is 0. The zero-order valence-electron chi connectivity index (χ0n) is 26.0. The van der Waals surface area contributed by atoms with E-state index >= 15 is 0 Å². The van der Waals surface area contributed by atoms with Crippen molar-refractivity contribution in [2.24, 2.45) is 29.1 Å². The first kappa shape index (κ1) is 40.2. The number of Topliss-reactive ketones (excluding diaryl/α,β-unsaturated/α-hetero) is 1. The molecule has 3 rings (SSSR count). The molecule has 6 atom stereocenters. The summed E-state index contributed by atoms with van der Waals surface area (Å²) in [4.78, 5) is 21.2. The third kappa shape index (κ3) is 16.8. The van der Waals surface area contributed by atoms with Gasteiger partial charge >= 0.3 is 51.4 Å². The van der Waals surface area contributed by atoms with Crippen LogP contribution in [0.1, 0.15) is 113 Å². The molecule has 0 aromatic carbocycles. The fourth-order valence-electron chi connectivity index (χ4n) is 5.37. The molecule has 3 aliphatic rings. The van der Waals surface area contributed by atoms with E-state index in [4.69, 9.17) is 4.74 Å². The predicted molar refractivity (Wildman–Crippen MR) is 156 cm³/mol. The summed E-state index contributed by atoms with van der Waals surface area (Å²) in [5.74, 6) is 5.95. The van der Waals surface area contributed by atoms with Crippen molar-refractivity contribution in [2.45, 2.75) is 125 Å². The van der Waals surface area contributed by atoms with Crippen LogP contribution in [-0.4, -0.2) is 42.6 Å². The largest absolute Gasteiger partial charge is 1.00 e. The molecule has 2 saturated carbocycles. The molecule has 1 heterocycles. The van der Waals surface area contributed by atoms with Crippen LogP contribution in [0.2, 0.25) is 0 Å². The van der Waals surface area contributed by atoms with Gasteiger partial charge in [-0.05, 0) is 83.3 Å². The Morgan fingerprint density at radius 3 is 2.24 bits per heavy atom. The van der Waals surface area contributed by atoms with Gasteiger partial charge in [0.1, 0.15) is 5.78 Å². The number of fused-ring (bicyclic) bond motifs is 1. The molecule has 0 radical (unpaired) electrons. The van der Waals surface area contributed by atoms with Gasteiger partial charge in [0, 0.05) is 18.3 Å². The van der Waals surface area contributed by atoms with Gasteiger partial charge in [0.25, 0.3) is 0 Å². The SMILES string of the molecule is CC(C)(C)O[C-]=O.CCC1CC2CCCC2(C(C)=O)C1.COC1CSCCC1C.[CH2-]C(C)C[CH-]CC.[K+]. The molecular weight excluding hydrogens is 508 g/mol. The minimum atomic E-state index is -0.373. The van der Waals surface area contributed by atoms with Crippen molar-refractivity contribution >= 4 is 24.0 Å². The second-order valence-electron chi connectivity index (χ2n) is 12.0. The Bertz CT molecular complexity index is 592. The Morgan fingerprint density at radius 2 is 1.92 bits per heavy atom. The molecule has 37 heavy (non-hydrogen) atoms. The van der Waals surface area contributed by atoms with E-state index in [1.54, 1.807) is 20.8 Å². The van der Waals surface area contributed by atoms with E-state index in [-0.39, 0.29) is 62.4 Å². The first-order valence-corrected chi connectivity index (χ1v) is 15.3. The number of thioether (sulfide) groups is 1. The van der Waals surface area contributed by atoms with Gasteiger partial charge < -0.3 is 27.6 Å². The van der Waals surface area contributed by atoms with Crippen LogP contribution in [0.5, 0.6) is 0 Å². The summed E-state index contributed by atoms with van der Waals surface area (Å²) in [6.45, 7) is 21.2. The van der Waals surface area contributed by atoms with Gasteiger partial charge in [0.15, 0.2) is 0 Å². The van der Waals surface area contributed by atoms with Gasteiger partial charge in [0.05, 0.1) is 11.7 Å². The molecule has 2 aliphatic carbocycles. The number of rotatable bonds is 7. The van der Waals surface area contributed by atoms with Crippen LogP contribution in [0.4, 0.5) is 0 Å². The summed E-state index contributed by atoms with van der Waals surface area (Å²) < 4.78 is 9.71. The van der Waals surface area contributed by atoms with E-state index in [0.717, 1.165) is 24.2 Å². The van der Waals surface area contributed by atoms with Gasteiger partial charge in [-0.1, -0.05) is 47.0 Å². The smallest absolute Gasteiger partial charge is 0.649 e. The first-order chi connectivity index (χ1) is 16.9. The van der Waals surface area contributed by atoms with Crippen molar-refractivity contribution in [1.82, 2.24) is 0 Å². The molecule has 0 bridgehead atoms. The third-order valence-electron chi connectivity index (χ3n) is 7.65. The normalized spacial score (nSPS) is 28.9. The van der Waals surface area contributed by atoms with Crippen molar-refractivity contribution in [1.29, 1.82) is 0 Å². The zero-order chi connectivity index (χ0) is 27.8. The molecule has 6 unspecified atom stereocenters. The maximum Gasteiger partial charge on any atom is 1.00 e. The number of carbonyl (C=O) groups excluding carboxylic acids is 2. The van der Waals surface area contributed by atoms with E-state index in [9.17, 15) is 9.59 Å². The summed E-state index contributed by atoms with van der Waals surface area (Å²) in [6, 6.07) is 0. The number of hydrogen-bond acceptors (Lipinski definition) is 5. The molecule has 1 saturated heterocycles. The summed E-state index contributed by atoms with van der Waals surface area (Å²) >= 11 is 2.01. The Labute approximate surface area is 277 Å². The molecule has 6 heteroatoms. The number of ether oxygens (including phenoxy) is 2. The third-order valence-corrected chi connectivity index (χ3v) is 8.74. The number of hydrogen-bond donors (Lipinski definition) is 0. The van der Waals surface area contributed by atoms with E-state index in [1.165, 1.54) is 69.3 Å². The van der Waals surface area contributed by atoms with Gasteiger partial charge in [-0.2, -0.15) is 24.1 Å². The molecule has 0 N–H and O–H groups in total. The van der Waals surface area contributed by atoms with Gasteiger partial charge in [0.2, 0.25) is 0 Å². The number of ketones is 1. The Morgan fingerprint density at radius 1 is 1.27 bits per heavy atom. The topological polar surface area (TPSA) is 52.6 Å². The van der Waals surface area contributed by atoms with E-state index in [1.807, 2.05) is 25.8 Å². The number of methoxy groups -OCH3 is 1. The monoisotopic (exact) mass is 564 g/mol. The maximum absolute atomic E-state index is 11.7. The van der Waals surface area contributed by atoms with Crippen LogP contribution in [0, 0.1) is 42.4 Å². The summed E-state index contributed by atoms with van der Waals surface area (Å²) in [5.41, 5.74) is -0.234. The van der Waals surface area contributed by atoms with Crippen molar-refractivity contribution in [2.75, 3.05) is 18.6 Å².